The van der Waals surface area contributed by atoms with Crippen molar-refractivity contribution in [1.29, 1.82) is 0 Å². The first-order valence-corrected chi connectivity index (χ1v) is 8.67. The normalized spacial score (nSPS) is 13.9. The zero-order valence-electron chi connectivity index (χ0n) is 12.1. The number of benzene rings is 2. The molecule has 1 aliphatic heterocycles. The van der Waals surface area contributed by atoms with E-state index >= 15 is 0 Å². The number of hydrogen-bond acceptors (Lipinski definition) is 4. The molecule has 126 valence electrons. The highest BCUT2D eigenvalue weighted by molar-refractivity contribution is 9.10. The molecule has 0 saturated carbocycles. The molecule has 0 bridgehead atoms. The van der Waals surface area contributed by atoms with Gasteiger partial charge in [0.05, 0.1) is 12.3 Å². The number of fused-ring (bicyclic) bond motifs is 1. The molecule has 9 heteroatoms. The van der Waals surface area contributed by atoms with Crippen LogP contribution in [0.3, 0.4) is 0 Å². The van der Waals surface area contributed by atoms with Gasteiger partial charge in [0.15, 0.2) is 0 Å². The van der Waals surface area contributed by atoms with Gasteiger partial charge in [0, 0.05) is 22.5 Å². The Labute approximate surface area is 148 Å². The van der Waals surface area contributed by atoms with Crippen LogP contribution in [0.1, 0.15) is 15.9 Å². The highest BCUT2D eigenvalue weighted by atomic mass is 79.9. The lowest BCUT2D eigenvalue weighted by Crippen LogP contribution is -2.20. The van der Waals surface area contributed by atoms with Gasteiger partial charge in [0.1, 0.15) is 22.7 Å². The van der Waals surface area contributed by atoms with Gasteiger partial charge in [-0.3, -0.25) is 4.55 Å². The highest BCUT2D eigenvalue weighted by Crippen LogP contribution is 2.43. The Balaban J connectivity index is 2.15. The molecular weight excluding hydrogens is 402 g/mol. The summed E-state index contributed by atoms with van der Waals surface area (Å²) in [6.45, 7) is 0.466. The largest absolute Gasteiger partial charge is 0.507 e. The van der Waals surface area contributed by atoms with Gasteiger partial charge in [-0.15, -0.1) is 0 Å². The van der Waals surface area contributed by atoms with Crippen LogP contribution in [0, 0.1) is 0 Å². The summed E-state index contributed by atoms with van der Waals surface area (Å²) in [4.78, 5) is 11.0. The molecule has 1 unspecified atom stereocenters. The third kappa shape index (κ3) is 2.97. The number of carboxylic acids is 1. The fourth-order valence-corrected chi connectivity index (χ4v) is 3.63. The van der Waals surface area contributed by atoms with Crippen molar-refractivity contribution in [3.63, 3.8) is 0 Å². The van der Waals surface area contributed by atoms with Crippen LogP contribution in [0.2, 0.25) is 0 Å². The zero-order valence-corrected chi connectivity index (χ0v) is 14.5. The maximum atomic E-state index is 11.9. The fraction of sp³-hybridized carbons (Fsp3) is 0.133. The fourth-order valence-electron chi connectivity index (χ4n) is 2.54. The molecule has 1 aliphatic rings. The number of phenols is 1. The monoisotopic (exact) mass is 413 g/mol. The average Bonchev–Trinajstić information content (AvgIpc) is 2.94. The molecule has 24 heavy (non-hydrogen) atoms. The number of carboxylic acid groups (broad SMARTS) is 1. The average molecular weight is 414 g/mol. The van der Waals surface area contributed by atoms with Crippen molar-refractivity contribution in [2.24, 2.45) is 0 Å². The number of aromatic hydroxyl groups is 1. The van der Waals surface area contributed by atoms with Gasteiger partial charge in [-0.05, 0) is 24.3 Å². The minimum absolute atomic E-state index is 0.161. The van der Waals surface area contributed by atoms with E-state index in [-0.39, 0.29) is 11.3 Å². The van der Waals surface area contributed by atoms with Gasteiger partial charge in [-0.1, -0.05) is 15.9 Å². The molecule has 0 aromatic heterocycles. The van der Waals surface area contributed by atoms with E-state index in [1.54, 1.807) is 6.07 Å². The lowest BCUT2D eigenvalue weighted by Gasteiger charge is -2.23. The Morgan fingerprint density at radius 1 is 1.29 bits per heavy atom. The standard InChI is InChI=1S/C15H12BrNO6S/c16-9-5-8-3-4-23-14(8)12(6-9)17(24(21)22)10-1-2-11(15(19)20)13(18)7-10/h1-2,5-7,18H,3-4H2,(H,19,20)(H,21,22). The molecule has 7 nitrogen and oxygen atoms in total. The first kappa shape index (κ1) is 16.7. The molecule has 1 heterocycles. The highest BCUT2D eigenvalue weighted by Gasteiger charge is 2.26. The van der Waals surface area contributed by atoms with Crippen LogP contribution in [0.5, 0.6) is 11.5 Å². The van der Waals surface area contributed by atoms with Gasteiger partial charge in [0.2, 0.25) is 0 Å². The molecule has 0 amide bonds. The lowest BCUT2D eigenvalue weighted by atomic mass is 10.1. The van der Waals surface area contributed by atoms with E-state index in [2.05, 4.69) is 15.9 Å². The van der Waals surface area contributed by atoms with Gasteiger partial charge >= 0.3 is 5.97 Å². The minimum Gasteiger partial charge on any atom is -0.507 e. The second-order valence-electron chi connectivity index (χ2n) is 5.04. The summed E-state index contributed by atoms with van der Waals surface area (Å²) in [5, 5.41) is 18.8. The summed E-state index contributed by atoms with van der Waals surface area (Å²) in [5.41, 5.74) is 1.11. The van der Waals surface area contributed by atoms with E-state index in [4.69, 9.17) is 9.84 Å². The molecule has 0 saturated heterocycles. The number of aromatic carboxylic acids is 1. The van der Waals surface area contributed by atoms with E-state index in [0.717, 1.165) is 15.9 Å². The van der Waals surface area contributed by atoms with Gasteiger partial charge in [0.25, 0.3) is 11.3 Å². The maximum Gasteiger partial charge on any atom is 0.339 e. The number of halogens is 1. The molecular formula is C15H12BrNO6S. The Morgan fingerprint density at radius 2 is 2.04 bits per heavy atom. The SMILES string of the molecule is O=C(O)c1ccc(N(c2cc(Br)cc3c2OCC3)S(=O)O)cc1O. The van der Waals surface area contributed by atoms with Crippen molar-refractivity contribution in [3.8, 4) is 11.5 Å². The number of nitrogens with zero attached hydrogens (tertiary/aromatic N) is 1. The van der Waals surface area contributed by atoms with Crippen LogP contribution < -0.4 is 9.04 Å². The summed E-state index contributed by atoms with van der Waals surface area (Å²) in [6.07, 6.45) is 0.677. The van der Waals surface area contributed by atoms with Crippen LogP contribution in [0.15, 0.2) is 34.8 Å². The van der Waals surface area contributed by atoms with Crippen LogP contribution >= 0.6 is 15.9 Å². The van der Waals surface area contributed by atoms with Crippen LogP contribution in [0.4, 0.5) is 11.4 Å². The maximum absolute atomic E-state index is 11.9. The molecule has 2 aromatic rings. The van der Waals surface area contributed by atoms with Crippen molar-refractivity contribution < 1.29 is 28.5 Å². The van der Waals surface area contributed by atoms with E-state index < -0.39 is 23.0 Å². The lowest BCUT2D eigenvalue weighted by molar-refractivity contribution is 0.0694. The molecule has 0 aliphatic carbocycles. The summed E-state index contributed by atoms with van der Waals surface area (Å²) >= 11 is 0.903. The van der Waals surface area contributed by atoms with Crippen molar-refractivity contribution in [1.82, 2.24) is 0 Å². The second-order valence-corrected chi connectivity index (χ2v) is 6.79. The number of hydrogen-bond donors (Lipinski definition) is 3. The molecule has 3 rings (SSSR count). The summed E-state index contributed by atoms with van der Waals surface area (Å²) < 4.78 is 29.0. The molecule has 0 radical (unpaired) electrons. The van der Waals surface area contributed by atoms with E-state index in [9.17, 15) is 18.7 Å². The van der Waals surface area contributed by atoms with Gasteiger partial charge < -0.3 is 14.9 Å². The molecule has 0 spiro atoms. The van der Waals surface area contributed by atoms with Gasteiger partial charge in [-0.25, -0.2) is 13.3 Å². The summed E-state index contributed by atoms with van der Waals surface area (Å²) in [5.74, 6) is -1.30. The van der Waals surface area contributed by atoms with Crippen LogP contribution in [-0.2, 0) is 17.7 Å². The van der Waals surface area contributed by atoms with Crippen LogP contribution in [0.25, 0.3) is 0 Å². The van der Waals surface area contributed by atoms with E-state index in [1.165, 1.54) is 12.1 Å². The third-order valence-corrected chi connectivity index (χ3v) is 4.73. The number of ether oxygens (including phenoxy) is 1. The molecule has 0 fully saturated rings. The molecule has 2 aromatic carbocycles. The predicted octanol–water partition coefficient (Wildman–Crippen LogP) is 3.06. The van der Waals surface area contributed by atoms with Gasteiger partial charge in [-0.2, -0.15) is 0 Å². The summed E-state index contributed by atoms with van der Waals surface area (Å²) in [7, 11) is 0. The number of rotatable bonds is 4. The van der Waals surface area contributed by atoms with E-state index in [1.807, 2.05) is 6.07 Å². The Bertz CT molecular complexity index is 856. The topological polar surface area (TPSA) is 107 Å². The number of carbonyl (C=O) groups is 1. The smallest absolute Gasteiger partial charge is 0.339 e. The van der Waals surface area contributed by atoms with Crippen molar-refractivity contribution in [2.75, 3.05) is 10.9 Å². The Morgan fingerprint density at radius 3 is 2.67 bits per heavy atom. The van der Waals surface area contributed by atoms with Crippen molar-refractivity contribution in [3.05, 3.63) is 45.9 Å². The van der Waals surface area contributed by atoms with Crippen molar-refractivity contribution in [2.45, 2.75) is 6.42 Å². The predicted molar refractivity (Wildman–Crippen MR) is 91.3 cm³/mol. The summed E-state index contributed by atoms with van der Waals surface area (Å²) in [6, 6.07) is 7.14. The Kier molecular flexibility index (Phi) is 4.48. The van der Waals surface area contributed by atoms with Crippen LogP contribution in [-0.4, -0.2) is 31.6 Å². The third-order valence-electron chi connectivity index (χ3n) is 3.55. The zero-order chi connectivity index (χ0) is 17.4. The second kappa shape index (κ2) is 6.42. The Hall–Kier alpha value is -2.10. The van der Waals surface area contributed by atoms with Crippen molar-refractivity contribution >= 4 is 44.5 Å². The minimum atomic E-state index is -2.46. The molecule has 3 N–H and O–H groups in total. The van der Waals surface area contributed by atoms with E-state index in [0.29, 0.717) is 28.9 Å². The molecule has 1 atom stereocenters. The first-order valence-electron chi connectivity index (χ1n) is 6.81. The number of anilines is 2. The first-order chi connectivity index (χ1) is 11.4. The quantitative estimate of drug-likeness (QED) is 0.664.